The fourth-order valence-corrected chi connectivity index (χ4v) is 1.72. The molecule has 0 fully saturated rings. The predicted octanol–water partition coefficient (Wildman–Crippen LogP) is 3.01. The molecule has 0 aliphatic rings. The first-order valence-corrected chi connectivity index (χ1v) is 5.46. The van der Waals surface area contributed by atoms with Crippen LogP contribution in [0.15, 0.2) is 42.6 Å². The minimum absolute atomic E-state index is 0.712. The third kappa shape index (κ3) is 1.97. The molecule has 84 valence electrons. The Morgan fingerprint density at radius 3 is 2.82 bits per heavy atom. The van der Waals surface area contributed by atoms with E-state index in [9.17, 15) is 0 Å². The molecule has 0 unspecified atom stereocenters. The summed E-state index contributed by atoms with van der Waals surface area (Å²) in [5.74, 6) is 0.712. The Labute approximate surface area is 98.7 Å². The van der Waals surface area contributed by atoms with Gasteiger partial charge in [-0.1, -0.05) is 18.2 Å². The highest BCUT2D eigenvalue weighted by Crippen LogP contribution is 2.17. The molecule has 0 saturated carbocycles. The van der Waals surface area contributed by atoms with E-state index < -0.39 is 0 Å². The maximum absolute atomic E-state index is 4.37. The molecule has 0 atom stereocenters. The molecule has 0 aliphatic heterocycles. The molecule has 0 bridgehead atoms. The van der Waals surface area contributed by atoms with Crippen LogP contribution >= 0.6 is 0 Å². The number of hydrogen-bond acceptors (Lipinski definition) is 3. The van der Waals surface area contributed by atoms with E-state index in [1.54, 1.807) is 0 Å². The van der Waals surface area contributed by atoms with E-state index in [1.807, 2.05) is 49.5 Å². The summed E-state index contributed by atoms with van der Waals surface area (Å²) in [5.41, 5.74) is 3.80. The van der Waals surface area contributed by atoms with Crippen molar-refractivity contribution in [2.45, 2.75) is 6.92 Å². The number of imidazole rings is 1. The van der Waals surface area contributed by atoms with Gasteiger partial charge >= 0.3 is 0 Å². The zero-order valence-corrected chi connectivity index (χ0v) is 9.44. The van der Waals surface area contributed by atoms with Gasteiger partial charge in [-0.3, -0.25) is 0 Å². The molecule has 0 aliphatic carbocycles. The summed E-state index contributed by atoms with van der Waals surface area (Å²) >= 11 is 0. The lowest BCUT2D eigenvalue weighted by atomic mass is 10.3. The van der Waals surface area contributed by atoms with Crippen molar-refractivity contribution in [1.82, 2.24) is 15.0 Å². The Morgan fingerprint density at radius 1 is 1.18 bits per heavy atom. The summed E-state index contributed by atoms with van der Waals surface area (Å²) in [5, 5.41) is 3.21. The molecule has 4 nitrogen and oxygen atoms in total. The van der Waals surface area contributed by atoms with Gasteiger partial charge in [-0.2, -0.15) is 4.98 Å². The number of anilines is 2. The molecule has 0 saturated heterocycles. The second kappa shape index (κ2) is 3.90. The van der Waals surface area contributed by atoms with Crippen LogP contribution in [0.2, 0.25) is 0 Å². The van der Waals surface area contributed by atoms with E-state index in [4.69, 9.17) is 0 Å². The largest absolute Gasteiger partial charge is 0.326 e. The van der Waals surface area contributed by atoms with E-state index in [0.29, 0.717) is 5.95 Å². The Morgan fingerprint density at radius 2 is 2.00 bits per heavy atom. The van der Waals surface area contributed by atoms with Gasteiger partial charge in [-0.15, -0.1) is 0 Å². The maximum Gasteiger partial charge on any atom is 0.207 e. The molecular weight excluding hydrogens is 212 g/mol. The standard InChI is InChI=1S/C13H12N4/c1-9-7-11-12(14-8-9)17-13(16-11)15-10-5-3-2-4-6-10/h2-8H,1H3,(H2,14,15,16,17). The van der Waals surface area contributed by atoms with Crippen molar-refractivity contribution in [3.63, 3.8) is 0 Å². The van der Waals surface area contributed by atoms with E-state index in [1.165, 1.54) is 0 Å². The highest BCUT2D eigenvalue weighted by molar-refractivity contribution is 5.75. The molecule has 2 aromatic heterocycles. The fourth-order valence-electron chi connectivity index (χ4n) is 1.72. The molecule has 3 rings (SSSR count). The van der Waals surface area contributed by atoms with Gasteiger partial charge in [-0.05, 0) is 30.7 Å². The van der Waals surface area contributed by atoms with Crippen molar-refractivity contribution < 1.29 is 0 Å². The number of H-pyrrole nitrogens is 1. The normalized spacial score (nSPS) is 10.6. The molecule has 2 N–H and O–H groups in total. The van der Waals surface area contributed by atoms with Crippen LogP contribution in [0.25, 0.3) is 11.2 Å². The second-order valence-electron chi connectivity index (χ2n) is 3.96. The van der Waals surface area contributed by atoms with E-state index in [0.717, 1.165) is 22.4 Å². The molecule has 0 spiro atoms. The monoisotopic (exact) mass is 224 g/mol. The number of hydrogen-bond donors (Lipinski definition) is 2. The molecule has 2 heterocycles. The third-order valence-electron chi connectivity index (χ3n) is 2.51. The van der Waals surface area contributed by atoms with Crippen LogP contribution in [-0.4, -0.2) is 15.0 Å². The summed E-state index contributed by atoms with van der Waals surface area (Å²) in [4.78, 5) is 11.8. The zero-order chi connectivity index (χ0) is 11.7. The van der Waals surface area contributed by atoms with Gasteiger partial charge in [-0.25, -0.2) is 4.98 Å². The lowest BCUT2D eigenvalue weighted by molar-refractivity contribution is 1.27. The summed E-state index contributed by atoms with van der Waals surface area (Å²) in [7, 11) is 0. The number of aryl methyl sites for hydroxylation is 1. The fraction of sp³-hybridized carbons (Fsp3) is 0.0769. The van der Waals surface area contributed by atoms with Crippen molar-refractivity contribution in [3.05, 3.63) is 48.2 Å². The van der Waals surface area contributed by atoms with Crippen molar-refractivity contribution >= 4 is 22.8 Å². The average molecular weight is 224 g/mol. The Hall–Kier alpha value is -2.36. The van der Waals surface area contributed by atoms with Gasteiger partial charge in [0.05, 0.1) is 5.52 Å². The topological polar surface area (TPSA) is 53.6 Å². The summed E-state index contributed by atoms with van der Waals surface area (Å²) in [6, 6.07) is 12.0. The van der Waals surface area contributed by atoms with E-state index >= 15 is 0 Å². The van der Waals surface area contributed by atoms with Crippen molar-refractivity contribution in [2.24, 2.45) is 0 Å². The number of fused-ring (bicyclic) bond motifs is 1. The average Bonchev–Trinajstić information content (AvgIpc) is 2.71. The van der Waals surface area contributed by atoms with Gasteiger partial charge in [0, 0.05) is 11.9 Å². The molecule has 0 radical (unpaired) electrons. The zero-order valence-electron chi connectivity index (χ0n) is 9.44. The molecule has 0 amide bonds. The number of aromatic nitrogens is 3. The number of benzene rings is 1. The number of rotatable bonds is 2. The lowest BCUT2D eigenvalue weighted by Crippen LogP contribution is -1.91. The Kier molecular flexibility index (Phi) is 2.26. The number of pyridine rings is 1. The molecule has 4 heteroatoms. The second-order valence-corrected chi connectivity index (χ2v) is 3.96. The number of aromatic amines is 1. The van der Waals surface area contributed by atoms with E-state index in [2.05, 4.69) is 20.3 Å². The first-order valence-electron chi connectivity index (χ1n) is 5.46. The minimum Gasteiger partial charge on any atom is -0.326 e. The van der Waals surface area contributed by atoms with Gasteiger partial charge < -0.3 is 10.3 Å². The number of para-hydroxylation sites is 1. The third-order valence-corrected chi connectivity index (χ3v) is 2.51. The van der Waals surface area contributed by atoms with Crippen molar-refractivity contribution in [1.29, 1.82) is 0 Å². The first kappa shape index (κ1) is 9.84. The van der Waals surface area contributed by atoms with Crippen molar-refractivity contribution in [2.75, 3.05) is 5.32 Å². The van der Waals surface area contributed by atoms with Crippen LogP contribution in [0.1, 0.15) is 5.56 Å². The molecule has 17 heavy (non-hydrogen) atoms. The molecule has 1 aromatic carbocycles. The summed E-state index contributed by atoms with van der Waals surface area (Å²) in [6.45, 7) is 2.01. The number of nitrogens with zero attached hydrogens (tertiary/aromatic N) is 2. The van der Waals surface area contributed by atoms with Gasteiger partial charge in [0.25, 0.3) is 0 Å². The molecular formula is C13H12N4. The van der Waals surface area contributed by atoms with Crippen LogP contribution in [0.3, 0.4) is 0 Å². The minimum atomic E-state index is 0.712. The van der Waals surface area contributed by atoms with Gasteiger partial charge in [0.15, 0.2) is 5.65 Å². The smallest absolute Gasteiger partial charge is 0.207 e. The van der Waals surface area contributed by atoms with Crippen LogP contribution in [0, 0.1) is 6.92 Å². The van der Waals surface area contributed by atoms with Gasteiger partial charge in [0.2, 0.25) is 5.95 Å². The van der Waals surface area contributed by atoms with E-state index in [-0.39, 0.29) is 0 Å². The van der Waals surface area contributed by atoms with Crippen LogP contribution < -0.4 is 5.32 Å². The SMILES string of the molecule is Cc1cnc2nc(Nc3ccccc3)[nH]c2c1. The highest BCUT2D eigenvalue weighted by Gasteiger charge is 2.03. The van der Waals surface area contributed by atoms with Gasteiger partial charge in [0.1, 0.15) is 0 Å². The maximum atomic E-state index is 4.37. The highest BCUT2D eigenvalue weighted by atomic mass is 15.1. The lowest BCUT2D eigenvalue weighted by Gasteiger charge is -2.00. The van der Waals surface area contributed by atoms with Crippen LogP contribution in [0.5, 0.6) is 0 Å². The quantitative estimate of drug-likeness (QED) is 0.703. The van der Waals surface area contributed by atoms with Crippen LogP contribution in [-0.2, 0) is 0 Å². The molecule has 3 aromatic rings. The summed E-state index contributed by atoms with van der Waals surface area (Å²) in [6.07, 6.45) is 1.81. The Bertz CT molecular complexity index is 643. The first-order chi connectivity index (χ1) is 8.31. The van der Waals surface area contributed by atoms with Crippen LogP contribution in [0.4, 0.5) is 11.6 Å². The Balaban J connectivity index is 1.96. The number of nitrogens with one attached hydrogen (secondary N) is 2. The predicted molar refractivity (Wildman–Crippen MR) is 68.4 cm³/mol. The summed E-state index contributed by atoms with van der Waals surface area (Å²) < 4.78 is 0. The van der Waals surface area contributed by atoms with Crippen molar-refractivity contribution in [3.8, 4) is 0 Å².